The summed E-state index contributed by atoms with van der Waals surface area (Å²) in [5.74, 6) is 0.295. The Kier molecular flexibility index (Phi) is 5.88. The SMILES string of the molecule is CCc1cc(C)cc(CC)c1C(=O)C1CC2CCC(C1)N2C(=O)OC(C)(C)C. The summed E-state index contributed by atoms with van der Waals surface area (Å²) in [5, 5.41) is 0. The summed E-state index contributed by atoms with van der Waals surface area (Å²) in [6, 6.07) is 4.58. The van der Waals surface area contributed by atoms with E-state index < -0.39 is 5.60 Å². The van der Waals surface area contributed by atoms with E-state index in [9.17, 15) is 9.59 Å². The number of piperidine rings is 1. The van der Waals surface area contributed by atoms with Gasteiger partial charge >= 0.3 is 6.09 Å². The first-order valence-corrected chi connectivity index (χ1v) is 10.8. The van der Waals surface area contributed by atoms with Crippen LogP contribution in [0.15, 0.2) is 12.1 Å². The average molecular weight is 386 g/mol. The van der Waals surface area contributed by atoms with Crippen molar-refractivity contribution in [2.45, 2.75) is 97.8 Å². The van der Waals surface area contributed by atoms with Crippen molar-refractivity contribution in [3.8, 4) is 0 Å². The van der Waals surface area contributed by atoms with Gasteiger partial charge in [-0.3, -0.25) is 4.79 Å². The van der Waals surface area contributed by atoms with Gasteiger partial charge in [-0.2, -0.15) is 0 Å². The van der Waals surface area contributed by atoms with E-state index in [0.29, 0.717) is 0 Å². The number of benzene rings is 1. The fourth-order valence-corrected chi connectivity index (χ4v) is 5.02. The largest absolute Gasteiger partial charge is 0.444 e. The van der Waals surface area contributed by atoms with E-state index in [1.165, 1.54) is 16.7 Å². The van der Waals surface area contributed by atoms with E-state index in [1.54, 1.807) is 0 Å². The van der Waals surface area contributed by atoms with Gasteiger partial charge in [0.25, 0.3) is 0 Å². The molecular weight excluding hydrogens is 350 g/mol. The van der Waals surface area contributed by atoms with Crippen LogP contribution in [-0.4, -0.2) is 34.5 Å². The van der Waals surface area contributed by atoms with Crippen LogP contribution in [0.5, 0.6) is 0 Å². The molecule has 2 bridgehead atoms. The Balaban J connectivity index is 1.82. The van der Waals surface area contributed by atoms with Crippen LogP contribution in [0.25, 0.3) is 0 Å². The summed E-state index contributed by atoms with van der Waals surface area (Å²) < 4.78 is 5.63. The van der Waals surface area contributed by atoms with Crippen molar-refractivity contribution in [3.63, 3.8) is 0 Å². The molecule has 28 heavy (non-hydrogen) atoms. The molecule has 0 saturated carbocycles. The molecule has 1 amide bonds. The highest BCUT2D eigenvalue weighted by Crippen LogP contribution is 2.41. The van der Waals surface area contributed by atoms with Crippen LogP contribution in [0.4, 0.5) is 4.79 Å². The van der Waals surface area contributed by atoms with Gasteiger partial charge in [-0.15, -0.1) is 0 Å². The molecule has 0 N–H and O–H groups in total. The fraction of sp³-hybridized carbons (Fsp3) is 0.667. The zero-order chi connectivity index (χ0) is 20.6. The first-order chi connectivity index (χ1) is 13.1. The highest BCUT2D eigenvalue weighted by atomic mass is 16.6. The Morgan fingerprint density at radius 3 is 1.96 bits per heavy atom. The molecule has 4 heteroatoms. The third-order valence-corrected chi connectivity index (χ3v) is 6.16. The highest BCUT2D eigenvalue weighted by molar-refractivity contribution is 6.01. The zero-order valence-corrected chi connectivity index (χ0v) is 18.3. The Labute approximate surface area is 169 Å². The molecule has 0 aliphatic carbocycles. The Bertz CT molecular complexity index is 723. The lowest BCUT2D eigenvalue weighted by atomic mass is 9.81. The number of fused-ring (bicyclic) bond motifs is 2. The third kappa shape index (κ3) is 4.11. The van der Waals surface area contributed by atoms with Crippen molar-refractivity contribution in [2.75, 3.05) is 0 Å². The predicted molar refractivity (Wildman–Crippen MR) is 112 cm³/mol. The zero-order valence-electron chi connectivity index (χ0n) is 18.3. The summed E-state index contributed by atoms with van der Waals surface area (Å²) >= 11 is 0. The molecule has 154 valence electrons. The maximum Gasteiger partial charge on any atom is 0.410 e. The molecule has 0 radical (unpaired) electrons. The van der Waals surface area contributed by atoms with Crippen molar-refractivity contribution in [2.24, 2.45) is 5.92 Å². The van der Waals surface area contributed by atoms with Crippen LogP contribution < -0.4 is 0 Å². The van der Waals surface area contributed by atoms with Gasteiger partial charge in [-0.05, 0) is 77.3 Å². The van der Waals surface area contributed by atoms with Crippen LogP contribution in [0.1, 0.15) is 87.4 Å². The number of rotatable bonds is 4. The topological polar surface area (TPSA) is 46.6 Å². The fourth-order valence-electron chi connectivity index (χ4n) is 5.02. The van der Waals surface area contributed by atoms with Crippen molar-refractivity contribution in [1.29, 1.82) is 0 Å². The number of nitrogens with zero attached hydrogens (tertiary/aromatic N) is 1. The highest BCUT2D eigenvalue weighted by Gasteiger charge is 2.46. The second-order valence-electron chi connectivity index (χ2n) is 9.47. The molecule has 2 aliphatic heterocycles. The molecule has 0 spiro atoms. The molecule has 0 aromatic heterocycles. The number of ketones is 1. The van der Waals surface area contributed by atoms with E-state index in [4.69, 9.17) is 4.74 Å². The maximum absolute atomic E-state index is 13.6. The minimum absolute atomic E-state index is 0.00879. The first kappa shape index (κ1) is 20.9. The Morgan fingerprint density at radius 2 is 1.54 bits per heavy atom. The summed E-state index contributed by atoms with van der Waals surface area (Å²) in [6.07, 6.45) is 5.00. The third-order valence-electron chi connectivity index (χ3n) is 6.16. The minimum Gasteiger partial charge on any atom is -0.444 e. The maximum atomic E-state index is 13.6. The molecule has 1 aromatic carbocycles. The van der Waals surface area contributed by atoms with E-state index in [-0.39, 0.29) is 29.9 Å². The number of Topliss-reactive ketones (excluding diaryl/α,β-unsaturated/α-hetero) is 1. The van der Waals surface area contributed by atoms with E-state index in [2.05, 4.69) is 32.9 Å². The van der Waals surface area contributed by atoms with Crippen molar-refractivity contribution in [3.05, 3.63) is 34.4 Å². The van der Waals surface area contributed by atoms with Gasteiger partial charge in [-0.25, -0.2) is 4.79 Å². The molecule has 1 aromatic rings. The number of hydrogen-bond donors (Lipinski definition) is 0. The second kappa shape index (κ2) is 7.88. The van der Waals surface area contributed by atoms with Crippen LogP contribution in [0, 0.1) is 12.8 Å². The van der Waals surface area contributed by atoms with Crippen molar-refractivity contribution < 1.29 is 14.3 Å². The molecule has 2 unspecified atom stereocenters. The summed E-state index contributed by atoms with van der Waals surface area (Å²) in [4.78, 5) is 28.2. The number of carbonyl (C=O) groups is 2. The predicted octanol–water partition coefficient (Wildman–Crippen LogP) is 5.48. The summed E-state index contributed by atoms with van der Waals surface area (Å²) in [6.45, 7) is 12.1. The second-order valence-corrected chi connectivity index (χ2v) is 9.47. The van der Waals surface area contributed by atoms with Crippen molar-refractivity contribution in [1.82, 2.24) is 4.90 Å². The smallest absolute Gasteiger partial charge is 0.410 e. The van der Waals surface area contributed by atoms with Crippen LogP contribution in [0.2, 0.25) is 0 Å². The van der Waals surface area contributed by atoms with Crippen LogP contribution in [-0.2, 0) is 17.6 Å². The quantitative estimate of drug-likeness (QED) is 0.645. The average Bonchev–Trinajstić information content (AvgIpc) is 2.89. The Hall–Kier alpha value is -1.84. The number of amides is 1. The summed E-state index contributed by atoms with van der Waals surface area (Å²) in [7, 11) is 0. The van der Waals surface area contributed by atoms with Gasteiger partial charge < -0.3 is 9.64 Å². The normalized spacial score (nSPS) is 24.4. The van der Waals surface area contributed by atoms with E-state index in [1.807, 2.05) is 25.7 Å². The number of ether oxygens (including phenoxy) is 1. The van der Waals surface area contributed by atoms with Gasteiger partial charge in [0.05, 0.1) is 0 Å². The molecular formula is C24H35NO3. The van der Waals surface area contributed by atoms with E-state index >= 15 is 0 Å². The standard InChI is InChI=1S/C24H35NO3/c1-7-16-11-15(3)12-17(8-2)21(16)22(26)18-13-19-9-10-20(14-18)25(19)23(27)28-24(4,5)6/h11-12,18-20H,7-10,13-14H2,1-6H3. The number of aryl methyl sites for hydroxylation is 3. The lowest BCUT2D eigenvalue weighted by Crippen LogP contribution is -2.49. The molecule has 2 heterocycles. The number of hydrogen-bond acceptors (Lipinski definition) is 3. The van der Waals surface area contributed by atoms with Gasteiger partial charge in [0.2, 0.25) is 0 Å². The monoisotopic (exact) mass is 385 g/mol. The molecule has 2 fully saturated rings. The molecule has 2 atom stereocenters. The van der Waals surface area contributed by atoms with Gasteiger partial charge in [0.15, 0.2) is 5.78 Å². The summed E-state index contributed by atoms with van der Waals surface area (Å²) in [5.41, 5.74) is 4.03. The lowest BCUT2D eigenvalue weighted by Gasteiger charge is -2.39. The van der Waals surface area contributed by atoms with Crippen molar-refractivity contribution >= 4 is 11.9 Å². The van der Waals surface area contributed by atoms with Gasteiger partial charge in [-0.1, -0.05) is 31.5 Å². The Morgan fingerprint density at radius 1 is 1.04 bits per heavy atom. The van der Waals surface area contributed by atoms with Gasteiger partial charge in [0.1, 0.15) is 5.60 Å². The molecule has 2 saturated heterocycles. The molecule has 3 rings (SSSR count). The lowest BCUT2D eigenvalue weighted by molar-refractivity contribution is 0.00252. The number of carbonyl (C=O) groups excluding carboxylic acids is 2. The first-order valence-electron chi connectivity index (χ1n) is 10.8. The van der Waals surface area contributed by atoms with Crippen LogP contribution >= 0.6 is 0 Å². The minimum atomic E-state index is -0.489. The molecule has 2 aliphatic rings. The van der Waals surface area contributed by atoms with E-state index in [0.717, 1.165) is 44.1 Å². The molecule has 4 nitrogen and oxygen atoms in total. The van der Waals surface area contributed by atoms with Gasteiger partial charge in [0, 0.05) is 23.6 Å². The van der Waals surface area contributed by atoms with Crippen LogP contribution in [0.3, 0.4) is 0 Å².